The number of hydrogen-bond donors (Lipinski definition) is 1. The van der Waals surface area contributed by atoms with Gasteiger partial charge in [-0.15, -0.1) is 11.8 Å². The molecule has 0 aromatic heterocycles. The van der Waals surface area contributed by atoms with E-state index < -0.39 is 34.3 Å². The van der Waals surface area contributed by atoms with Crippen molar-refractivity contribution in [3.8, 4) is 0 Å². The van der Waals surface area contributed by atoms with E-state index in [0.717, 1.165) is 23.3 Å². The number of aliphatic hydroxyl groups is 1. The second-order valence-electron chi connectivity index (χ2n) is 9.29. The van der Waals surface area contributed by atoms with Crippen LogP contribution < -0.4 is 4.90 Å². The van der Waals surface area contributed by atoms with Crippen LogP contribution in [-0.4, -0.2) is 28.1 Å². The molecule has 1 N–H and O–H groups in total. The molecule has 3 aromatic carbocycles. The highest BCUT2D eigenvalue weighted by Gasteiger charge is 2.71. The second kappa shape index (κ2) is 8.80. The number of benzene rings is 3. The van der Waals surface area contributed by atoms with E-state index in [4.69, 9.17) is 0 Å². The molecule has 1 atom stereocenters. The molecule has 0 unspecified atom stereocenters. The molecule has 0 bridgehead atoms. The van der Waals surface area contributed by atoms with Crippen LogP contribution in [0.1, 0.15) is 35.6 Å². The lowest BCUT2D eigenvalue weighted by Crippen LogP contribution is -2.54. The lowest BCUT2D eigenvalue weighted by molar-refractivity contribution is -0.376. The number of carbonyl (C=O) groups excluding carboxylic acids is 1. The van der Waals surface area contributed by atoms with E-state index in [1.165, 1.54) is 16.7 Å². The smallest absolute Gasteiger partial charge is 0.369 e. The molecule has 5 rings (SSSR count). The number of carbonyl (C=O) groups is 1. The van der Waals surface area contributed by atoms with Crippen molar-refractivity contribution in [2.45, 2.75) is 52.9 Å². The second-order valence-corrected chi connectivity index (χ2v) is 10.8. The molecule has 1 saturated carbocycles. The summed E-state index contributed by atoms with van der Waals surface area (Å²) in [6, 6.07) is 20.0. The Morgan fingerprint density at radius 2 is 1.46 bits per heavy atom. The number of anilines is 1. The predicted octanol–water partition coefficient (Wildman–Crippen LogP) is 6.95. The minimum absolute atomic E-state index is 0.00114. The normalized spacial score (nSPS) is 19.0. The molecule has 0 radical (unpaired) electrons. The van der Waals surface area contributed by atoms with E-state index in [9.17, 15) is 36.2 Å². The molecule has 1 spiro atoms. The summed E-state index contributed by atoms with van der Waals surface area (Å²) >= 11 is 1.17. The summed E-state index contributed by atoms with van der Waals surface area (Å²) in [6.07, 6.45) is -10.7. The highest BCUT2D eigenvalue weighted by Crippen LogP contribution is 2.66. The largest absolute Gasteiger partial charge is 0.430 e. The lowest BCUT2D eigenvalue weighted by Gasteiger charge is -2.43. The molecule has 1 aliphatic carbocycles. The van der Waals surface area contributed by atoms with E-state index in [1.807, 2.05) is 30.3 Å². The first-order chi connectivity index (χ1) is 17.4. The van der Waals surface area contributed by atoms with E-state index >= 15 is 0 Å². The van der Waals surface area contributed by atoms with Crippen LogP contribution in [0.2, 0.25) is 0 Å². The van der Waals surface area contributed by atoms with Crippen LogP contribution in [0.5, 0.6) is 0 Å². The van der Waals surface area contributed by atoms with E-state index in [2.05, 4.69) is 0 Å². The number of nitrogens with zero attached hydrogens (tertiary/aromatic N) is 1. The number of thioether (sulfide) groups is 1. The fraction of sp³-hybridized carbons (Fsp3) is 0.296. The van der Waals surface area contributed by atoms with Gasteiger partial charge in [0.15, 0.2) is 0 Å². The maximum absolute atomic E-state index is 13.7. The highest BCUT2D eigenvalue weighted by atomic mass is 32.2. The zero-order valence-electron chi connectivity index (χ0n) is 19.2. The topological polar surface area (TPSA) is 40.5 Å². The van der Waals surface area contributed by atoms with Crippen molar-refractivity contribution in [2.24, 2.45) is 0 Å². The summed E-state index contributed by atoms with van der Waals surface area (Å²) in [4.78, 5) is 15.3. The fourth-order valence-electron chi connectivity index (χ4n) is 4.88. The van der Waals surface area contributed by atoms with Gasteiger partial charge in [0.05, 0.1) is 18.2 Å². The number of fused-ring (bicyclic) bond motifs is 1. The first-order valence-corrected chi connectivity index (χ1v) is 12.3. The quantitative estimate of drug-likeness (QED) is 0.366. The molecule has 1 heterocycles. The Labute approximate surface area is 213 Å². The minimum Gasteiger partial charge on any atom is -0.369 e. The Balaban J connectivity index is 1.65. The van der Waals surface area contributed by atoms with Crippen LogP contribution in [0, 0.1) is 0 Å². The van der Waals surface area contributed by atoms with Crippen molar-refractivity contribution in [3.05, 3.63) is 95.6 Å². The molecule has 1 aliphatic heterocycles. The maximum atomic E-state index is 13.7. The van der Waals surface area contributed by atoms with Crippen molar-refractivity contribution in [3.63, 3.8) is 0 Å². The standard InChI is InChI=1S/C27H21F6NO2S/c28-26(29,30)25(36,27(31,32)33)19-11-12-20-21(16-19)37-24(13-14-24)23(18-9-5-2-6-10-18)34(20)22(35)15-17-7-3-1-4-8-17/h1-12,16,23,36H,13-15H2/t23-/m0/s1. The van der Waals surface area contributed by atoms with Crippen LogP contribution in [0.4, 0.5) is 32.0 Å². The van der Waals surface area contributed by atoms with Crippen LogP contribution >= 0.6 is 11.8 Å². The fourth-order valence-corrected chi connectivity index (χ4v) is 6.43. The van der Waals surface area contributed by atoms with Crippen molar-refractivity contribution < 1.29 is 36.2 Å². The highest BCUT2D eigenvalue weighted by molar-refractivity contribution is 8.01. The number of rotatable bonds is 4. The van der Waals surface area contributed by atoms with Crippen molar-refractivity contribution >= 4 is 23.4 Å². The monoisotopic (exact) mass is 537 g/mol. The molecule has 2 aliphatic rings. The molecule has 10 heteroatoms. The van der Waals surface area contributed by atoms with Crippen LogP contribution in [0.3, 0.4) is 0 Å². The first kappa shape index (κ1) is 25.7. The van der Waals surface area contributed by atoms with E-state index in [-0.39, 0.29) is 22.9 Å². The van der Waals surface area contributed by atoms with Gasteiger partial charge in [0, 0.05) is 15.2 Å². The van der Waals surface area contributed by atoms with Gasteiger partial charge in [-0.2, -0.15) is 26.3 Å². The van der Waals surface area contributed by atoms with Gasteiger partial charge in [-0.05, 0) is 36.1 Å². The molecular formula is C27H21F6NO2S. The summed E-state index contributed by atoms with van der Waals surface area (Å²) < 4.78 is 80.8. The molecule has 194 valence electrons. The Morgan fingerprint density at radius 1 is 0.892 bits per heavy atom. The molecule has 3 aromatic rings. The van der Waals surface area contributed by atoms with E-state index in [0.29, 0.717) is 18.9 Å². The number of halogens is 6. The van der Waals surface area contributed by atoms with Crippen LogP contribution in [0.15, 0.2) is 83.8 Å². The zero-order chi connectivity index (χ0) is 26.6. The van der Waals surface area contributed by atoms with Gasteiger partial charge in [0.25, 0.3) is 5.60 Å². The minimum atomic E-state index is -5.99. The van der Waals surface area contributed by atoms with Crippen LogP contribution in [0.25, 0.3) is 0 Å². The molecule has 37 heavy (non-hydrogen) atoms. The summed E-state index contributed by atoms with van der Waals surface area (Å²) in [5, 5.41) is 9.96. The number of amides is 1. The van der Waals surface area contributed by atoms with Gasteiger partial charge in [-0.25, -0.2) is 0 Å². The van der Waals surface area contributed by atoms with Crippen molar-refractivity contribution in [1.82, 2.24) is 0 Å². The lowest BCUT2D eigenvalue weighted by atomic mass is 9.91. The SMILES string of the molecule is O=C(Cc1ccccc1)N1c2ccc(C(O)(C(F)(F)F)C(F)(F)F)cc2SC2(CC2)[C@@H]1c1ccccc1. The van der Waals surface area contributed by atoms with Crippen molar-refractivity contribution in [1.29, 1.82) is 0 Å². The Hall–Kier alpha value is -2.98. The van der Waals surface area contributed by atoms with Gasteiger partial charge in [-0.1, -0.05) is 66.7 Å². The Bertz CT molecular complexity index is 1290. The molecular weight excluding hydrogens is 516 g/mol. The van der Waals surface area contributed by atoms with Gasteiger partial charge in [0.2, 0.25) is 5.91 Å². The number of hydrogen-bond acceptors (Lipinski definition) is 3. The van der Waals surface area contributed by atoms with Gasteiger partial charge in [0.1, 0.15) is 0 Å². The third kappa shape index (κ3) is 4.29. The molecule has 3 nitrogen and oxygen atoms in total. The third-order valence-electron chi connectivity index (χ3n) is 6.85. The van der Waals surface area contributed by atoms with Gasteiger partial charge < -0.3 is 10.0 Å². The summed E-state index contributed by atoms with van der Waals surface area (Å²) in [5.41, 5.74) is -4.60. The molecule has 1 amide bonds. The van der Waals surface area contributed by atoms with Gasteiger partial charge in [-0.3, -0.25) is 4.79 Å². The summed E-state index contributed by atoms with van der Waals surface area (Å²) in [6.45, 7) is 0. The van der Waals surface area contributed by atoms with E-state index in [1.54, 1.807) is 30.3 Å². The first-order valence-electron chi connectivity index (χ1n) is 11.5. The predicted molar refractivity (Wildman–Crippen MR) is 127 cm³/mol. The molecule has 0 saturated heterocycles. The average molecular weight is 538 g/mol. The maximum Gasteiger partial charge on any atom is 0.430 e. The van der Waals surface area contributed by atoms with Crippen molar-refractivity contribution in [2.75, 3.05) is 4.90 Å². The Kier molecular flexibility index (Phi) is 6.10. The zero-order valence-corrected chi connectivity index (χ0v) is 20.0. The van der Waals surface area contributed by atoms with Crippen LogP contribution in [-0.2, 0) is 16.8 Å². The molecule has 1 fully saturated rings. The Morgan fingerprint density at radius 3 is 2.00 bits per heavy atom. The summed E-state index contributed by atoms with van der Waals surface area (Å²) in [7, 11) is 0. The van der Waals surface area contributed by atoms with Gasteiger partial charge >= 0.3 is 12.4 Å². The average Bonchev–Trinajstić information content (AvgIpc) is 3.61. The summed E-state index contributed by atoms with van der Waals surface area (Å²) in [5.74, 6) is -0.331. The third-order valence-corrected chi connectivity index (χ3v) is 8.44. The number of alkyl halides is 6.